The van der Waals surface area contributed by atoms with Gasteiger partial charge in [0, 0.05) is 10.5 Å². The normalized spacial score (nSPS) is 14.6. The molecule has 23 heavy (non-hydrogen) atoms. The molecule has 136 valence electrons. The largest absolute Gasteiger partial charge is 0.480 e. The van der Waals surface area contributed by atoms with E-state index in [0.717, 1.165) is 19.4 Å². The van der Waals surface area contributed by atoms with Crippen molar-refractivity contribution in [2.24, 2.45) is 5.73 Å². The van der Waals surface area contributed by atoms with Gasteiger partial charge in [0.15, 0.2) is 0 Å². The summed E-state index contributed by atoms with van der Waals surface area (Å²) in [5.74, 6) is -0.945. The van der Waals surface area contributed by atoms with Crippen molar-refractivity contribution in [3.05, 3.63) is 0 Å². The van der Waals surface area contributed by atoms with Crippen molar-refractivity contribution in [2.45, 2.75) is 56.9 Å². The van der Waals surface area contributed by atoms with Gasteiger partial charge in [-0.3, -0.25) is 4.79 Å². The highest BCUT2D eigenvalue weighted by molar-refractivity contribution is 8.77. The van der Waals surface area contributed by atoms with Gasteiger partial charge in [-0.25, -0.2) is 4.79 Å². The highest BCUT2D eigenvalue weighted by Crippen LogP contribution is 2.35. The number of carbonyl (C=O) groups excluding carboxylic acids is 1. The van der Waals surface area contributed by atoms with Crippen LogP contribution >= 0.6 is 21.6 Å². The molecule has 0 saturated carbocycles. The first-order valence-corrected chi connectivity index (χ1v) is 10.1. The quantitative estimate of drug-likeness (QED) is 0.379. The Morgan fingerprint density at radius 2 is 1.87 bits per heavy atom. The fourth-order valence-electron chi connectivity index (χ4n) is 1.67. The van der Waals surface area contributed by atoms with E-state index >= 15 is 0 Å². The van der Waals surface area contributed by atoms with Gasteiger partial charge < -0.3 is 21.1 Å². The molecule has 1 amide bonds. The molecular formula is C15H31N3O3S2. The van der Waals surface area contributed by atoms with E-state index in [0.29, 0.717) is 12.2 Å². The number of carboxylic acid groups (broad SMARTS) is 1. The van der Waals surface area contributed by atoms with Crippen LogP contribution in [0.25, 0.3) is 0 Å². The SMILES string of the molecule is CN(C)CCCC[C@H](NC(=O)[C@@H](N)CSSC(C)(C)C)C(=O)O. The van der Waals surface area contributed by atoms with Crippen LogP contribution < -0.4 is 11.1 Å². The van der Waals surface area contributed by atoms with Crippen LogP contribution in [0.1, 0.15) is 40.0 Å². The number of amides is 1. The number of carboxylic acids is 1. The Bertz CT molecular complexity index is 373. The smallest absolute Gasteiger partial charge is 0.326 e. The molecule has 8 heteroatoms. The van der Waals surface area contributed by atoms with Crippen molar-refractivity contribution in [1.82, 2.24) is 10.2 Å². The van der Waals surface area contributed by atoms with Crippen LogP contribution in [0.15, 0.2) is 0 Å². The summed E-state index contributed by atoms with van der Waals surface area (Å²) in [7, 11) is 7.14. The lowest BCUT2D eigenvalue weighted by molar-refractivity contribution is -0.142. The molecule has 0 unspecified atom stereocenters. The maximum absolute atomic E-state index is 12.0. The average Bonchev–Trinajstić information content (AvgIpc) is 2.39. The van der Waals surface area contributed by atoms with Crippen LogP contribution in [0.3, 0.4) is 0 Å². The van der Waals surface area contributed by atoms with Gasteiger partial charge in [-0.2, -0.15) is 0 Å². The lowest BCUT2D eigenvalue weighted by Crippen LogP contribution is -2.49. The predicted octanol–water partition coefficient (Wildman–Crippen LogP) is 1.79. The number of nitrogens with zero attached hydrogens (tertiary/aromatic N) is 1. The first-order chi connectivity index (χ1) is 10.5. The minimum absolute atomic E-state index is 0.0941. The summed E-state index contributed by atoms with van der Waals surface area (Å²) in [5.41, 5.74) is 5.84. The minimum Gasteiger partial charge on any atom is -0.480 e. The molecule has 0 aromatic rings. The van der Waals surface area contributed by atoms with Crippen LogP contribution in [0, 0.1) is 0 Å². The van der Waals surface area contributed by atoms with E-state index in [9.17, 15) is 14.7 Å². The first-order valence-electron chi connectivity index (χ1n) is 7.77. The number of nitrogens with two attached hydrogens (primary N) is 1. The van der Waals surface area contributed by atoms with E-state index in [2.05, 4.69) is 26.1 Å². The molecule has 0 aromatic heterocycles. The molecular weight excluding hydrogens is 334 g/mol. The second-order valence-electron chi connectivity index (χ2n) is 6.79. The van der Waals surface area contributed by atoms with Gasteiger partial charge in [-0.15, -0.1) is 0 Å². The molecule has 0 rings (SSSR count). The van der Waals surface area contributed by atoms with E-state index in [1.807, 2.05) is 19.0 Å². The molecule has 0 saturated heterocycles. The first kappa shape index (κ1) is 22.6. The van der Waals surface area contributed by atoms with Crippen molar-refractivity contribution < 1.29 is 14.7 Å². The molecule has 0 bridgehead atoms. The Kier molecular flexibility index (Phi) is 11.0. The summed E-state index contributed by atoms with van der Waals surface area (Å²) < 4.78 is 0.0941. The van der Waals surface area contributed by atoms with Crippen LogP contribution in [-0.2, 0) is 9.59 Å². The fourth-order valence-corrected chi connectivity index (χ4v) is 4.10. The molecule has 2 atom stereocenters. The lowest BCUT2D eigenvalue weighted by Gasteiger charge is -2.20. The summed E-state index contributed by atoms with van der Waals surface area (Å²) >= 11 is 0. The number of rotatable bonds is 11. The molecule has 0 fully saturated rings. The third-order valence-corrected chi connectivity index (χ3v) is 6.23. The third kappa shape index (κ3) is 12.6. The van der Waals surface area contributed by atoms with Gasteiger partial charge in [0.25, 0.3) is 0 Å². The number of hydrogen-bond acceptors (Lipinski definition) is 6. The summed E-state index contributed by atoms with van der Waals surface area (Å²) in [6, 6.07) is -1.56. The minimum atomic E-state index is -1.01. The van der Waals surface area contributed by atoms with Gasteiger partial charge in [-0.05, 0) is 39.9 Å². The standard InChI is InChI=1S/C15H31N3O3S2/c1-15(2,3)23-22-10-11(16)13(19)17-12(14(20)21)8-6-7-9-18(4)5/h11-12H,6-10,16H2,1-5H3,(H,17,19)(H,20,21)/t11-,12-/m0/s1. The highest BCUT2D eigenvalue weighted by atomic mass is 33.1. The van der Waals surface area contributed by atoms with E-state index in [1.54, 1.807) is 10.8 Å². The Morgan fingerprint density at radius 3 is 2.35 bits per heavy atom. The zero-order valence-electron chi connectivity index (χ0n) is 14.8. The lowest BCUT2D eigenvalue weighted by atomic mass is 10.1. The maximum Gasteiger partial charge on any atom is 0.326 e. The highest BCUT2D eigenvalue weighted by Gasteiger charge is 2.23. The summed E-state index contributed by atoms with van der Waals surface area (Å²) in [5, 5.41) is 11.8. The maximum atomic E-state index is 12.0. The Hall–Kier alpha value is -0.440. The Labute approximate surface area is 147 Å². The van der Waals surface area contributed by atoms with Crippen molar-refractivity contribution in [3.63, 3.8) is 0 Å². The molecule has 0 aromatic carbocycles. The van der Waals surface area contributed by atoms with Crippen LogP contribution in [0.4, 0.5) is 0 Å². The van der Waals surface area contributed by atoms with Crippen LogP contribution in [-0.4, -0.2) is 65.1 Å². The molecule has 0 spiro atoms. The van der Waals surface area contributed by atoms with Crippen molar-refractivity contribution in [3.8, 4) is 0 Å². The van der Waals surface area contributed by atoms with Crippen LogP contribution in [0.5, 0.6) is 0 Å². The van der Waals surface area contributed by atoms with Gasteiger partial charge in [0.2, 0.25) is 5.91 Å². The van der Waals surface area contributed by atoms with Gasteiger partial charge in [0.05, 0.1) is 6.04 Å². The van der Waals surface area contributed by atoms with Gasteiger partial charge in [0.1, 0.15) is 6.04 Å². The number of aliphatic carboxylic acids is 1. The molecule has 4 N–H and O–H groups in total. The van der Waals surface area contributed by atoms with E-state index in [1.165, 1.54) is 10.8 Å². The fraction of sp³-hybridized carbons (Fsp3) is 0.867. The monoisotopic (exact) mass is 365 g/mol. The number of hydrogen-bond donors (Lipinski definition) is 3. The van der Waals surface area contributed by atoms with Gasteiger partial charge in [-0.1, -0.05) is 42.4 Å². The molecule has 0 radical (unpaired) electrons. The zero-order chi connectivity index (χ0) is 18.0. The number of nitrogens with one attached hydrogen (secondary N) is 1. The van der Waals surface area contributed by atoms with E-state index in [-0.39, 0.29) is 4.75 Å². The van der Waals surface area contributed by atoms with Crippen molar-refractivity contribution in [2.75, 3.05) is 26.4 Å². The van der Waals surface area contributed by atoms with E-state index in [4.69, 9.17) is 5.73 Å². The van der Waals surface area contributed by atoms with Crippen molar-refractivity contribution >= 4 is 33.5 Å². The Morgan fingerprint density at radius 1 is 1.26 bits per heavy atom. The summed E-state index contributed by atoms with van der Waals surface area (Å²) in [6.07, 6.45) is 2.07. The molecule has 0 aliphatic heterocycles. The topological polar surface area (TPSA) is 95.7 Å². The van der Waals surface area contributed by atoms with E-state index < -0.39 is 24.0 Å². The van der Waals surface area contributed by atoms with Gasteiger partial charge >= 0.3 is 5.97 Å². The Balaban J connectivity index is 4.19. The second-order valence-corrected chi connectivity index (χ2v) is 9.95. The molecule has 0 heterocycles. The average molecular weight is 366 g/mol. The predicted molar refractivity (Wildman–Crippen MR) is 99.7 cm³/mol. The van der Waals surface area contributed by atoms with Crippen molar-refractivity contribution in [1.29, 1.82) is 0 Å². The second kappa shape index (κ2) is 11.2. The zero-order valence-corrected chi connectivity index (χ0v) is 16.4. The summed E-state index contributed by atoms with van der Waals surface area (Å²) in [4.78, 5) is 25.3. The molecule has 0 aliphatic rings. The summed E-state index contributed by atoms with van der Waals surface area (Å²) in [6.45, 7) is 7.17. The van der Waals surface area contributed by atoms with Crippen LogP contribution in [0.2, 0.25) is 0 Å². The number of unbranched alkanes of at least 4 members (excludes halogenated alkanes) is 1. The molecule has 0 aliphatic carbocycles. The third-order valence-electron chi connectivity index (χ3n) is 2.86. The molecule has 6 nitrogen and oxygen atoms in total. The number of carbonyl (C=O) groups is 2.